The maximum absolute atomic E-state index is 8.71. The molecule has 106 valence electrons. The van der Waals surface area contributed by atoms with E-state index in [1.165, 1.54) is 6.33 Å². The second-order valence-electron chi connectivity index (χ2n) is 4.71. The summed E-state index contributed by atoms with van der Waals surface area (Å²) < 4.78 is 7.51. The molecular weight excluding hydrogens is 256 g/mol. The lowest BCUT2D eigenvalue weighted by Crippen LogP contribution is -2.10. The fraction of sp³-hybridized carbons (Fsp3) is 0.357. The van der Waals surface area contributed by atoms with Crippen molar-refractivity contribution in [3.05, 3.63) is 42.0 Å². The van der Waals surface area contributed by atoms with Gasteiger partial charge in [0, 0.05) is 6.04 Å². The summed E-state index contributed by atoms with van der Waals surface area (Å²) in [5.74, 6) is 1.52. The first-order chi connectivity index (χ1) is 9.61. The van der Waals surface area contributed by atoms with Gasteiger partial charge in [0.2, 0.25) is 0 Å². The molecule has 0 radical (unpaired) electrons. The molecule has 0 fully saturated rings. The Hall–Kier alpha value is -2.37. The van der Waals surface area contributed by atoms with Gasteiger partial charge >= 0.3 is 0 Å². The van der Waals surface area contributed by atoms with E-state index in [9.17, 15) is 0 Å². The summed E-state index contributed by atoms with van der Waals surface area (Å²) >= 11 is 0. The van der Waals surface area contributed by atoms with Crippen LogP contribution >= 0.6 is 0 Å². The van der Waals surface area contributed by atoms with Crippen molar-refractivity contribution in [3.63, 3.8) is 0 Å². The molecule has 0 unspecified atom stereocenters. The van der Waals surface area contributed by atoms with Crippen LogP contribution in [0.3, 0.4) is 0 Å². The van der Waals surface area contributed by atoms with Gasteiger partial charge in [-0.2, -0.15) is 5.10 Å². The minimum atomic E-state index is 0.252. The highest BCUT2D eigenvalue weighted by Crippen LogP contribution is 2.15. The third kappa shape index (κ3) is 3.14. The largest absolute Gasteiger partial charge is 0.486 e. The number of ether oxygens (including phenoxy) is 1. The first kappa shape index (κ1) is 14.0. The van der Waals surface area contributed by atoms with Crippen LogP contribution in [0, 0.1) is 0 Å². The van der Waals surface area contributed by atoms with Crippen LogP contribution in [-0.4, -0.2) is 25.7 Å². The zero-order valence-electron chi connectivity index (χ0n) is 11.8. The number of aromatic nitrogens is 3. The molecule has 1 heterocycles. The predicted octanol–water partition coefficient (Wildman–Crippen LogP) is 2.64. The summed E-state index contributed by atoms with van der Waals surface area (Å²) in [5.41, 5.74) is 1.42. The van der Waals surface area contributed by atoms with Crippen molar-refractivity contribution < 1.29 is 9.94 Å². The van der Waals surface area contributed by atoms with Crippen LogP contribution in [0.1, 0.15) is 38.2 Å². The van der Waals surface area contributed by atoms with Crippen LogP contribution in [0.4, 0.5) is 0 Å². The normalized spacial score (nSPS) is 11.9. The number of benzene rings is 1. The molecule has 1 aromatic carbocycles. The van der Waals surface area contributed by atoms with Gasteiger partial charge in [0.05, 0.1) is 5.71 Å². The zero-order chi connectivity index (χ0) is 14.5. The summed E-state index contributed by atoms with van der Waals surface area (Å²) in [6, 6.07) is 7.61. The molecule has 0 saturated heterocycles. The minimum absolute atomic E-state index is 0.252. The fourth-order valence-corrected chi connectivity index (χ4v) is 1.81. The summed E-state index contributed by atoms with van der Waals surface area (Å²) in [4.78, 5) is 4.19. The van der Waals surface area contributed by atoms with Crippen molar-refractivity contribution in [3.8, 4) is 5.75 Å². The number of nitrogens with zero attached hydrogens (tertiary/aromatic N) is 4. The molecule has 6 nitrogen and oxygen atoms in total. The third-order valence-electron chi connectivity index (χ3n) is 2.93. The molecule has 1 N–H and O–H groups in total. The van der Waals surface area contributed by atoms with Crippen molar-refractivity contribution >= 4 is 5.71 Å². The molecule has 6 heteroatoms. The van der Waals surface area contributed by atoms with Crippen molar-refractivity contribution in [1.82, 2.24) is 14.8 Å². The van der Waals surface area contributed by atoms with Gasteiger partial charge in [0.15, 0.2) is 5.82 Å². The van der Waals surface area contributed by atoms with Gasteiger partial charge in [-0.15, -0.1) is 0 Å². The van der Waals surface area contributed by atoms with E-state index in [-0.39, 0.29) is 6.04 Å². The number of oxime groups is 1. The highest BCUT2D eigenvalue weighted by molar-refractivity contribution is 5.98. The Kier molecular flexibility index (Phi) is 4.34. The number of hydrogen-bond acceptors (Lipinski definition) is 5. The average Bonchev–Trinajstić information content (AvgIpc) is 2.93. The van der Waals surface area contributed by atoms with E-state index >= 15 is 0 Å². The van der Waals surface area contributed by atoms with Crippen LogP contribution in [-0.2, 0) is 6.61 Å². The molecule has 0 spiro atoms. The Bertz CT molecular complexity index is 587. The maximum Gasteiger partial charge on any atom is 0.165 e. The Morgan fingerprint density at radius 1 is 1.35 bits per heavy atom. The quantitative estimate of drug-likeness (QED) is 0.517. The fourth-order valence-electron chi connectivity index (χ4n) is 1.81. The number of hydrogen-bond donors (Lipinski definition) is 1. The molecule has 0 atom stereocenters. The molecular formula is C14H18N4O2. The zero-order valence-corrected chi connectivity index (χ0v) is 11.8. The van der Waals surface area contributed by atoms with Gasteiger partial charge in [-0.1, -0.05) is 5.16 Å². The van der Waals surface area contributed by atoms with Gasteiger partial charge in [0.25, 0.3) is 0 Å². The molecule has 0 aliphatic heterocycles. The Balaban J connectivity index is 2.02. The molecule has 0 aliphatic carbocycles. The Labute approximate surface area is 117 Å². The van der Waals surface area contributed by atoms with Crippen LogP contribution < -0.4 is 4.74 Å². The van der Waals surface area contributed by atoms with Gasteiger partial charge in [-0.25, -0.2) is 9.67 Å². The number of rotatable bonds is 5. The smallest absolute Gasteiger partial charge is 0.165 e. The second-order valence-corrected chi connectivity index (χ2v) is 4.71. The molecule has 1 aromatic heterocycles. The summed E-state index contributed by atoms with van der Waals surface area (Å²) in [6.07, 6.45) is 1.53. The molecule has 0 saturated carbocycles. The van der Waals surface area contributed by atoms with E-state index in [4.69, 9.17) is 9.94 Å². The SMILES string of the molecule is CC(=NO)c1ccc(OCc2ncnn2C(C)C)cc1. The lowest BCUT2D eigenvalue weighted by molar-refractivity contribution is 0.282. The molecule has 2 rings (SSSR count). The lowest BCUT2D eigenvalue weighted by atomic mass is 10.1. The van der Waals surface area contributed by atoms with Gasteiger partial charge in [-0.3, -0.25) is 0 Å². The Morgan fingerprint density at radius 2 is 2.05 bits per heavy atom. The topological polar surface area (TPSA) is 72.5 Å². The van der Waals surface area contributed by atoms with Crippen LogP contribution in [0.25, 0.3) is 0 Å². The van der Waals surface area contributed by atoms with E-state index in [0.717, 1.165) is 17.1 Å². The summed E-state index contributed by atoms with van der Waals surface area (Å²) in [6.45, 7) is 6.19. The van der Waals surface area contributed by atoms with E-state index in [1.807, 2.05) is 42.8 Å². The van der Waals surface area contributed by atoms with Gasteiger partial charge in [-0.05, 0) is 50.6 Å². The van der Waals surface area contributed by atoms with Crippen LogP contribution in [0.2, 0.25) is 0 Å². The van der Waals surface area contributed by atoms with Gasteiger partial charge < -0.3 is 9.94 Å². The average molecular weight is 274 g/mol. The van der Waals surface area contributed by atoms with E-state index < -0.39 is 0 Å². The van der Waals surface area contributed by atoms with Crippen molar-refractivity contribution in [1.29, 1.82) is 0 Å². The van der Waals surface area contributed by atoms with Crippen molar-refractivity contribution in [2.75, 3.05) is 0 Å². The molecule has 2 aromatic rings. The maximum atomic E-state index is 8.71. The van der Waals surface area contributed by atoms with E-state index in [1.54, 1.807) is 6.92 Å². The lowest BCUT2D eigenvalue weighted by Gasteiger charge is -2.10. The molecule has 0 amide bonds. The minimum Gasteiger partial charge on any atom is -0.486 e. The molecule has 0 bridgehead atoms. The highest BCUT2D eigenvalue weighted by Gasteiger charge is 2.08. The highest BCUT2D eigenvalue weighted by atomic mass is 16.5. The second kappa shape index (κ2) is 6.18. The van der Waals surface area contributed by atoms with Crippen LogP contribution in [0.5, 0.6) is 5.75 Å². The van der Waals surface area contributed by atoms with Crippen LogP contribution in [0.15, 0.2) is 35.7 Å². The standard InChI is InChI=1S/C14H18N4O2/c1-10(2)18-14(15-9-16-18)8-20-13-6-4-12(5-7-13)11(3)17-19/h4-7,9-10,19H,8H2,1-3H3. The van der Waals surface area contributed by atoms with E-state index in [0.29, 0.717) is 12.3 Å². The van der Waals surface area contributed by atoms with Gasteiger partial charge in [0.1, 0.15) is 18.7 Å². The monoisotopic (exact) mass is 274 g/mol. The molecule has 0 aliphatic rings. The van der Waals surface area contributed by atoms with Crippen molar-refractivity contribution in [2.45, 2.75) is 33.4 Å². The first-order valence-corrected chi connectivity index (χ1v) is 6.42. The predicted molar refractivity (Wildman–Crippen MR) is 75.2 cm³/mol. The summed E-state index contributed by atoms with van der Waals surface area (Å²) in [5, 5.41) is 16.0. The third-order valence-corrected chi connectivity index (χ3v) is 2.93. The first-order valence-electron chi connectivity index (χ1n) is 6.42. The molecule has 20 heavy (non-hydrogen) atoms. The summed E-state index contributed by atoms with van der Waals surface area (Å²) in [7, 11) is 0. The Morgan fingerprint density at radius 3 is 2.65 bits per heavy atom. The van der Waals surface area contributed by atoms with Crippen molar-refractivity contribution in [2.24, 2.45) is 5.16 Å². The van der Waals surface area contributed by atoms with E-state index in [2.05, 4.69) is 15.2 Å².